The fraction of sp³-hybridized carbons (Fsp3) is 0.846. The number of carbonyl (C=O) groups is 2. The second kappa shape index (κ2) is 7.14. The van der Waals surface area contributed by atoms with E-state index in [0.29, 0.717) is 13.0 Å². The van der Waals surface area contributed by atoms with E-state index in [9.17, 15) is 9.59 Å². The summed E-state index contributed by atoms with van der Waals surface area (Å²) < 4.78 is 0. The van der Waals surface area contributed by atoms with Crippen LogP contribution in [0.2, 0.25) is 0 Å². The third-order valence-corrected chi connectivity index (χ3v) is 4.71. The summed E-state index contributed by atoms with van der Waals surface area (Å²) in [4.78, 5) is 28.3. The monoisotopic (exact) mass is 285 g/mol. The van der Waals surface area contributed by atoms with Gasteiger partial charge in [-0.05, 0) is 19.9 Å². The largest absolute Gasteiger partial charge is 0.339 e. The Morgan fingerprint density at radius 2 is 2.00 bits per heavy atom. The average molecular weight is 285 g/mol. The molecule has 6 heteroatoms. The fourth-order valence-electron chi connectivity index (χ4n) is 2.69. The van der Waals surface area contributed by atoms with Crippen LogP contribution in [0.1, 0.15) is 19.3 Å². The Bertz CT molecular complexity index is 332. The van der Waals surface area contributed by atoms with Gasteiger partial charge in [-0.3, -0.25) is 9.59 Å². The Morgan fingerprint density at radius 1 is 1.26 bits per heavy atom. The molecule has 0 aromatic carbocycles. The van der Waals surface area contributed by atoms with Crippen LogP contribution in [0.15, 0.2) is 0 Å². The highest BCUT2D eigenvalue weighted by molar-refractivity contribution is 7.99. The van der Waals surface area contributed by atoms with E-state index in [0.717, 1.165) is 44.0 Å². The second-order valence-corrected chi connectivity index (χ2v) is 6.26. The van der Waals surface area contributed by atoms with Crippen molar-refractivity contribution in [2.45, 2.75) is 25.3 Å². The van der Waals surface area contributed by atoms with Gasteiger partial charge in [0.15, 0.2) is 0 Å². The number of rotatable bonds is 4. The van der Waals surface area contributed by atoms with E-state index in [2.05, 4.69) is 5.32 Å². The van der Waals surface area contributed by atoms with E-state index in [1.165, 1.54) is 0 Å². The van der Waals surface area contributed by atoms with Crippen LogP contribution in [0.5, 0.6) is 0 Å². The summed E-state index contributed by atoms with van der Waals surface area (Å²) in [6.07, 6.45) is 2.26. The van der Waals surface area contributed by atoms with Gasteiger partial charge in [0.25, 0.3) is 0 Å². The minimum absolute atomic E-state index is 0.108. The zero-order valence-corrected chi connectivity index (χ0v) is 12.4. The molecule has 2 saturated heterocycles. The maximum absolute atomic E-state index is 12.5. The Labute approximate surface area is 119 Å². The quantitative estimate of drug-likeness (QED) is 0.799. The van der Waals surface area contributed by atoms with Gasteiger partial charge in [0.1, 0.15) is 6.04 Å². The smallest absolute Gasteiger partial charge is 0.245 e. The molecule has 19 heavy (non-hydrogen) atoms. The lowest BCUT2D eigenvalue weighted by molar-refractivity contribution is -0.143. The molecule has 1 atom stereocenters. The standard InChI is InChI=1S/C13H23N3O2S/c1-14-5-4-12(17)16-6-2-3-11(16)13(18)15-7-9-19-10-8-15/h11,14H,2-10H2,1H3. The lowest BCUT2D eigenvalue weighted by Crippen LogP contribution is -2.50. The average Bonchev–Trinajstić information content (AvgIpc) is 2.94. The summed E-state index contributed by atoms with van der Waals surface area (Å²) in [6, 6.07) is -0.201. The van der Waals surface area contributed by atoms with Gasteiger partial charge in [-0.15, -0.1) is 0 Å². The van der Waals surface area contributed by atoms with E-state index in [1.54, 1.807) is 4.90 Å². The summed E-state index contributed by atoms with van der Waals surface area (Å²) in [7, 11) is 1.84. The highest BCUT2D eigenvalue weighted by Crippen LogP contribution is 2.21. The van der Waals surface area contributed by atoms with Crippen LogP contribution in [0.25, 0.3) is 0 Å². The van der Waals surface area contributed by atoms with Crippen LogP contribution >= 0.6 is 11.8 Å². The summed E-state index contributed by atoms with van der Waals surface area (Å²) in [6.45, 7) is 3.08. The van der Waals surface area contributed by atoms with E-state index in [1.807, 2.05) is 23.7 Å². The van der Waals surface area contributed by atoms with Crippen molar-refractivity contribution in [3.8, 4) is 0 Å². The predicted molar refractivity (Wildman–Crippen MR) is 77.2 cm³/mol. The van der Waals surface area contributed by atoms with Crippen molar-refractivity contribution in [1.82, 2.24) is 15.1 Å². The molecule has 1 N–H and O–H groups in total. The lowest BCUT2D eigenvalue weighted by Gasteiger charge is -2.32. The normalized spacial score (nSPS) is 23.7. The molecular weight excluding hydrogens is 262 g/mol. The number of thioether (sulfide) groups is 1. The van der Waals surface area contributed by atoms with Gasteiger partial charge < -0.3 is 15.1 Å². The van der Waals surface area contributed by atoms with Crippen LogP contribution in [-0.4, -0.2) is 72.4 Å². The molecule has 0 aliphatic carbocycles. The van der Waals surface area contributed by atoms with Crippen molar-refractivity contribution in [3.05, 3.63) is 0 Å². The topological polar surface area (TPSA) is 52.7 Å². The van der Waals surface area contributed by atoms with Crippen molar-refractivity contribution in [1.29, 1.82) is 0 Å². The maximum atomic E-state index is 12.5. The van der Waals surface area contributed by atoms with Crippen LogP contribution in [0.3, 0.4) is 0 Å². The second-order valence-electron chi connectivity index (χ2n) is 5.04. The van der Waals surface area contributed by atoms with Crippen LogP contribution < -0.4 is 5.32 Å². The number of hydrogen-bond donors (Lipinski definition) is 1. The van der Waals surface area contributed by atoms with Gasteiger partial charge in [-0.2, -0.15) is 11.8 Å². The molecule has 108 valence electrons. The number of nitrogens with zero attached hydrogens (tertiary/aromatic N) is 2. The van der Waals surface area contributed by atoms with Gasteiger partial charge in [-0.1, -0.05) is 0 Å². The van der Waals surface area contributed by atoms with Crippen LogP contribution in [-0.2, 0) is 9.59 Å². The van der Waals surface area contributed by atoms with E-state index < -0.39 is 0 Å². The molecule has 1 unspecified atom stereocenters. The molecule has 2 aliphatic heterocycles. The number of amides is 2. The van der Waals surface area contributed by atoms with Crippen molar-refractivity contribution in [2.24, 2.45) is 0 Å². The Hall–Kier alpha value is -0.750. The van der Waals surface area contributed by atoms with Gasteiger partial charge in [0.05, 0.1) is 0 Å². The number of carbonyl (C=O) groups excluding carboxylic acids is 2. The van der Waals surface area contributed by atoms with Gasteiger partial charge >= 0.3 is 0 Å². The Morgan fingerprint density at radius 3 is 2.68 bits per heavy atom. The Balaban J connectivity index is 1.93. The first-order valence-corrected chi connectivity index (χ1v) is 8.20. The molecule has 0 radical (unpaired) electrons. The summed E-state index contributed by atoms with van der Waals surface area (Å²) in [5.74, 6) is 2.31. The van der Waals surface area contributed by atoms with Crippen molar-refractivity contribution < 1.29 is 9.59 Å². The van der Waals surface area contributed by atoms with Crippen LogP contribution in [0, 0.1) is 0 Å². The Kier molecular flexibility index (Phi) is 5.51. The first kappa shape index (κ1) is 14.7. The molecule has 2 rings (SSSR count). The van der Waals surface area contributed by atoms with Crippen molar-refractivity contribution in [2.75, 3.05) is 44.7 Å². The summed E-state index contributed by atoms with van der Waals surface area (Å²) in [5, 5.41) is 2.98. The maximum Gasteiger partial charge on any atom is 0.245 e. The first-order chi connectivity index (χ1) is 9.24. The first-order valence-electron chi connectivity index (χ1n) is 7.04. The SMILES string of the molecule is CNCCC(=O)N1CCCC1C(=O)N1CCSCC1. The van der Waals surface area contributed by atoms with E-state index in [4.69, 9.17) is 0 Å². The molecule has 0 aromatic heterocycles. The molecule has 5 nitrogen and oxygen atoms in total. The van der Waals surface area contributed by atoms with E-state index >= 15 is 0 Å². The molecule has 2 amide bonds. The zero-order chi connectivity index (χ0) is 13.7. The third kappa shape index (κ3) is 3.63. The molecule has 0 bridgehead atoms. The highest BCUT2D eigenvalue weighted by Gasteiger charge is 2.36. The third-order valence-electron chi connectivity index (χ3n) is 3.77. The minimum Gasteiger partial charge on any atom is -0.339 e. The molecule has 2 heterocycles. The summed E-state index contributed by atoms with van der Waals surface area (Å²) >= 11 is 1.89. The van der Waals surface area contributed by atoms with Gasteiger partial charge in [0.2, 0.25) is 11.8 Å². The number of likely N-dealkylation sites (tertiary alicyclic amines) is 1. The molecule has 2 fully saturated rings. The predicted octanol–water partition coefficient (Wildman–Crippen LogP) is 0.162. The lowest BCUT2D eigenvalue weighted by atomic mass is 10.2. The molecule has 0 aromatic rings. The minimum atomic E-state index is -0.201. The zero-order valence-electron chi connectivity index (χ0n) is 11.6. The van der Waals surface area contributed by atoms with Crippen molar-refractivity contribution in [3.63, 3.8) is 0 Å². The van der Waals surface area contributed by atoms with Gasteiger partial charge in [-0.25, -0.2) is 0 Å². The summed E-state index contributed by atoms with van der Waals surface area (Å²) in [5.41, 5.74) is 0. The van der Waals surface area contributed by atoms with Crippen LogP contribution in [0.4, 0.5) is 0 Å². The van der Waals surface area contributed by atoms with E-state index in [-0.39, 0.29) is 17.9 Å². The molecule has 0 saturated carbocycles. The van der Waals surface area contributed by atoms with Crippen molar-refractivity contribution >= 4 is 23.6 Å². The number of hydrogen-bond acceptors (Lipinski definition) is 4. The fourth-order valence-corrected chi connectivity index (χ4v) is 3.60. The molecular formula is C13H23N3O2S. The molecule has 2 aliphatic rings. The highest BCUT2D eigenvalue weighted by atomic mass is 32.2. The molecule has 0 spiro atoms. The van der Waals surface area contributed by atoms with Gasteiger partial charge in [0, 0.05) is 44.1 Å². The number of nitrogens with one attached hydrogen (secondary N) is 1.